The average Bonchev–Trinajstić information content (AvgIpc) is 3.43. The van der Waals surface area contributed by atoms with Crippen LogP contribution in [0.1, 0.15) is 48.5 Å². The number of carbonyl (C=O) groups excluding carboxylic acids is 1. The molecule has 0 bridgehead atoms. The van der Waals surface area contributed by atoms with Crippen molar-refractivity contribution < 1.29 is 19.4 Å². The molecule has 10 nitrogen and oxygen atoms in total. The molecule has 12 heteroatoms. The van der Waals surface area contributed by atoms with Crippen molar-refractivity contribution in [3.63, 3.8) is 0 Å². The highest BCUT2D eigenvalue weighted by molar-refractivity contribution is 7.15. The number of carbonyl (C=O) groups is 1. The van der Waals surface area contributed by atoms with Crippen LogP contribution in [0.4, 0.5) is 15.2 Å². The van der Waals surface area contributed by atoms with Crippen LogP contribution in [0.15, 0.2) is 37.1 Å². The number of hydrogen-bond donors (Lipinski definition) is 4. The van der Waals surface area contributed by atoms with Crippen molar-refractivity contribution in [2.45, 2.75) is 52.0 Å². The fourth-order valence-electron chi connectivity index (χ4n) is 3.29. The van der Waals surface area contributed by atoms with Crippen LogP contribution in [0, 0.1) is 6.92 Å². The molecule has 4 aromatic rings. The van der Waals surface area contributed by atoms with Crippen molar-refractivity contribution in [2.24, 2.45) is 0 Å². The molecule has 1 unspecified atom stereocenters. The summed E-state index contributed by atoms with van der Waals surface area (Å²) in [6.45, 7) is 7.52. The minimum absolute atomic E-state index is 0.155. The Hall–Kier alpha value is -3.48. The van der Waals surface area contributed by atoms with E-state index in [1.165, 1.54) is 31.4 Å². The van der Waals surface area contributed by atoms with E-state index in [2.05, 4.69) is 30.7 Å². The summed E-state index contributed by atoms with van der Waals surface area (Å²) in [6, 6.07) is 1.67. The highest BCUT2D eigenvalue weighted by atomic mass is 32.1. The van der Waals surface area contributed by atoms with E-state index in [9.17, 15) is 19.4 Å². The number of pyridine rings is 1. The Morgan fingerprint density at radius 2 is 1.89 bits per heavy atom. The van der Waals surface area contributed by atoms with Gasteiger partial charge in [-0.25, -0.2) is 18.9 Å². The molecule has 1 amide bonds. The van der Waals surface area contributed by atoms with Gasteiger partial charge in [0, 0.05) is 24.8 Å². The lowest BCUT2D eigenvalue weighted by Crippen LogP contribution is -2.42. The number of aromatic nitrogens is 5. The molecule has 0 radical (unpaired) electrons. The quantitative estimate of drug-likeness (QED) is 0.281. The molecule has 4 N–H and O–H groups in total. The number of thiazole rings is 1. The SMILES string of the molecule is Cc1cnc2c(-c3cc(Nc4ncc(C(C)(C)O)s4)c(C(=O)NCC(F)C(C)(C)O)cn3)cnn2c1. The van der Waals surface area contributed by atoms with Crippen molar-refractivity contribution in [3.05, 3.63) is 53.1 Å². The minimum Gasteiger partial charge on any atom is -0.387 e. The van der Waals surface area contributed by atoms with Crippen LogP contribution >= 0.6 is 11.3 Å². The number of hydrogen-bond acceptors (Lipinski definition) is 9. The van der Waals surface area contributed by atoms with Crippen LogP contribution in [0.2, 0.25) is 0 Å². The van der Waals surface area contributed by atoms with Gasteiger partial charge in [0.05, 0.1) is 51.3 Å². The Morgan fingerprint density at radius 3 is 2.56 bits per heavy atom. The van der Waals surface area contributed by atoms with Gasteiger partial charge in [-0.05, 0) is 46.2 Å². The van der Waals surface area contributed by atoms with Crippen LogP contribution in [-0.2, 0) is 5.60 Å². The Labute approximate surface area is 211 Å². The van der Waals surface area contributed by atoms with E-state index in [4.69, 9.17) is 0 Å². The number of aliphatic hydroxyl groups is 2. The summed E-state index contributed by atoms with van der Waals surface area (Å²) < 4.78 is 15.9. The fourth-order valence-corrected chi connectivity index (χ4v) is 4.12. The maximum atomic E-state index is 14.2. The number of nitrogens with one attached hydrogen (secondary N) is 2. The Kier molecular flexibility index (Phi) is 6.78. The fraction of sp³-hybridized carbons (Fsp3) is 0.375. The summed E-state index contributed by atoms with van der Waals surface area (Å²) in [4.78, 5) is 26.8. The summed E-state index contributed by atoms with van der Waals surface area (Å²) in [5, 5.41) is 30.6. The molecular formula is C24H28FN7O3S. The highest BCUT2D eigenvalue weighted by Gasteiger charge is 2.27. The van der Waals surface area contributed by atoms with E-state index in [1.54, 1.807) is 43.0 Å². The molecule has 4 aromatic heterocycles. The monoisotopic (exact) mass is 513 g/mol. The van der Waals surface area contributed by atoms with Crippen LogP contribution in [0.25, 0.3) is 16.9 Å². The van der Waals surface area contributed by atoms with Gasteiger partial charge in [0.2, 0.25) is 0 Å². The van der Waals surface area contributed by atoms with E-state index in [1.807, 2.05) is 13.1 Å². The molecule has 0 saturated carbocycles. The zero-order chi connectivity index (χ0) is 26.3. The van der Waals surface area contributed by atoms with Gasteiger partial charge in [-0.2, -0.15) is 5.10 Å². The minimum atomic E-state index is -1.66. The van der Waals surface area contributed by atoms with Crippen molar-refractivity contribution >= 4 is 33.7 Å². The van der Waals surface area contributed by atoms with E-state index in [0.29, 0.717) is 32.6 Å². The first kappa shape index (κ1) is 25.6. The summed E-state index contributed by atoms with van der Waals surface area (Å²) in [7, 11) is 0. The number of amides is 1. The third-order valence-corrected chi connectivity index (χ3v) is 6.69. The summed E-state index contributed by atoms with van der Waals surface area (Å²) in [6.07, 6.45) is 6.49. The zero-order valence-electron chi connectivity index (χ0n) is 20.6. The van der Waals surface area contributed by atoms with Crippen molar-refractivity contribution in [3.8, 4) is 11.3 Å². The summed E-state index contributed by atoms with van der Waals surface area (Å²) in [5.74, 6) is -0.573. The lowest BCUT2D eigenvalue weighted by molar-refractivity contribution is -0.00177. The second kappa shape index (κ2) is 9.52. The van der Waals surface area contributed by atoms with Crippen LogP contribution in [-0.4, -0.2) is 59.0 Å². The number of halogens is 1. The first-order valence-electron chi connectivity index (χ1n) is 11.2. The molecule has 190 valence electrons. The molecule has 0 spiro atoms. The molecule has 4 rings (SSSR count). The first-order valence-corrected chi connectivity index (χ1v) is 12.1. The standard InChI is InChI=1S/C24H28FN7O3S/c1-13-7-27-20-14(9-30-32(20)12-13)16-6-17(31-22-29-11-19(36-22)24(4,5)35)15(8-26-16)21(33)28-10-18(25)23(2,3)34/h6-9,11-12,18,34-35H,10H2,1-5H3,(H,28,33)(H,26,29,31). The van der Waals surface area contributed by atoms with Gasteiger partial charge in [0.25, 0.3) is 5.91 Å². The average molecular weight is 514 g/mol. The van der Waals surface area contributed by atoms with Gasteiger partial charge >= 0.3 is 0 Å². The molecule has 0 aliphatic carbocycles. The second-order valence-electron chi connectivity index (χ2n) is 9.62. The number of fused-ring (bicyclic) bond motifs is 1. The molecule has 1 atom stereocenters. The maximum absolute atomic E-state index is 14.2. The molecule has 0 fully saturated rings. The maximum Gasteiger partial charge on any atom is 0.255 e. The smallest absolute Gasteiger partial charge is 0.255 e. The number of nitrogens with zero attached hydrogens (tertiary/aromatic N) is 5. The highest BCUT2D eigenvalue weighted by Crippen LogP contribution is 2.33. The Balaban J connectivity index is 1.71. The van der Waals surface area contributed by atoms with Crippen molar-refractivity contribution in [1.82, 2.24) is 29.9 Å². The molecule has 0 aliphatic heterocycles. The first-order chi connectivity index (χ1) is 16.8. The number of anilines is 2. The molecular weight excluding hydrogens is 485 g/mol. The normalized spacial score (nSPS) is 13.1. The van der Waals surface area contributed by atoms with Crippen molar-refractivity contribution in [2.75, 3.05) is 11.9 Å². The van der Waals surface area contributed by atoms with Gasteiger partial charge in [0.15, 0.2) is 10.8 Å². The van der Waals surface area contributed by atoms with Crippen LogP contribution in [0.3, 0.4) is 0 Å². The number of aryl methyl sites for hydroxylation is 1. The topological polar surface area (TPSA) is 138 Å². The predicted octanol–water partition coefficient (Wildman–Crippen LogP) is 3.37. The van der Waals surface area contributed by atoms with E-state index < -0.39 is 23.3 Å². The van der Waals surface area contributed by atoms with Crippen LogP contribution < -0.4 is 10.6 Å². The number of alkyl halides is 1. The molecule has 0 saturated heterocycles. The van der Waals surface area contributed by atoms with E-state index in [0.717, 1.165) is 5.56 Å². The molecule has 0 aliphatic rings. The lowest BCUT2D eigenvalue weighted by atomic mass is 10.0. The third-order valence-electron chi connectivity index (χ3n) is 5.47. The van der Waals surface area contributed by atoms with E-state index in [-0.39, 0.29) is 12.1 Å². The van der Waals surface area contributed by atoms with Crippen molar-refractivity contribution in [1.29, 1.82) is 0 Å². The zero-order valence-corrected chi connectivity index (χ0v) is 21.4. The van der Waals surface area contributed by atoms with Gasteiger partial charge in [-0.15, -0.1) is 0 Å². The van der Waals surface area contributed by atoms with Gasteiger partial charge in [-0.1, -0.05) is 11.3 Å². The Bertz CT molecular complexity index is 1400. The second-order valence-corrected chi connectivity index (χ2v) is 10.6. The largest absolute Gasteiger partial charge is 0.387 e. The van der Waals surface area contributed by atoms with E-state index >= 15 is 0 Å². The van der Waals surface area contributed by atoms with Gasteiger partial charge in [0.1, 0.15) is 6.17 Å². The summed E-state index contributed by atoms with van der Waals surface area (Å²) in [5.41, 5.74) is 0.575. The van der Waals surface area contributed by atoms with Gasteiger partial charge in [-0.3, -0.25) is 9.78 Å². The Morgan fingerprint density at radius 1 is 1.14 bits per heavy atom. The lowest BCUT2D eigenvalue weighted by Gasteiger charge is -2.22. The molecule has 0 aromatic carbocycles. The van der Waals surface area contributed by atoms with Crippen LogP contribution in [0.5, 0.6) is 0 Å². The molecule has 36 heavy (non-hydrogen) atoms. The number of rotatable bonds is 8. The van der Waals surface area contributed by atoms with Gasteiger partial charge < -0.3 is 20.8 Å². The molecule has 4 heterocycles. The predicted molar refractivity (Wildman–Crippen MR) is 135 cm³/mol. The summed E-state index contributed by atoms with van der Waals surface area (Å²) >= 11 is 1.24. The third kappa shape index (κ3) is 5.50.